The van der Waals surface area contributed by atoms with Crippen molar-refractivity contribution in [3.8, 4) is 6.07 Å². The lowest BCUT2D eigenvalue weighted by molar-refractivity contribution is -0.132. The first-order valence-corrected chi connectivity index (χ1v) is 7.09. The molecule has 0 spiro atoms. The van der Waals surface area contributed by atoms with Crippen LogP contribution in [0.1, 0.15) is 24.8 Å². The first-order valence-electron chi connectivity index (χ1n) is 6.71. The summed E-state index contributed by atoms with van der Waals surface area (Å²) in [6.45, 7) is 1.31. The summed E-state index contributed by atoms with van der Waals surface area (Å²) in [7, 11) is 0. The molecule has 0 unspecified atom stereocenters. The van der Waals surface area contributed by atoms with Gasteiger partial charge in [0.05, 0.1) is 11.1 Å². The van der Waals surface area contributed by atoms with Gasteiger partial charge in [0.1, 0.15) is 5.82 Å². The fourth-order valence-corrected chi connectivity index (χ4v) is 2.57. The van der Waals surface area contributed by atoms with Gasteiger partial charge in [-0.3, -0.25) is 4.79 Å². The normalized spacial score (nSPS) is 15.9. The Morgan fingerprint density at radius 3 is 2.75 bits per heavy atom. The van der Waals surface area contributed by atoms with Crippen molar-refractivity contribution in [3.05, 3.63) is 34.6 Å². The second-order valence-corrected chi connectivity index (χ2v) is 5.44. The fourth-order valence-electron chi connectivity index (χ4n) is 2.36. The highest BCUT2D eigenvalue weighted by Gasteiger charge is 2.22. The Morgan fingerprint density at radius 1 is 1.45 bits per heavy atom. The molecule has 106 valence electrons. The molecule has 1 saturated heterocycles. The average molecular weight is 295 g/mol. The minimum absolute atomic E-state index is 0.0787. The van der Waals surface area contributed by atoms with E-state index in [0.717, 1.165) is 18.4 Å². The standard InChI is InChI=1S/C15H16ClFN2O/c16-13-9-11(1-3-14(13)17)2-4-15(20)19-7-5-12(10-18)6-8-19/h1,3,9,12H,2,4-8H2. The molecule has 1 aliphatic rings. The highest BCUT2D eigenvalue weighted by molar-refractivity contribution is 6.30. The zero-order chi connectivity index (χ0) is 14.5. The van der Waals surface area contributed by atoms with E-state index in [9.17, 15) is 9.18 Å². The largest absolute Gasteiger partial charge is 0.343 e. The lowest BCUT2D eigenvalue weighted by Crippen LogP contribution is -2.38. The predicted octanol–water partition coefficient (Wildman–Crippen LogP) is 3.17. The van der Waals surface area contributed by atoms with Crippen LogP contribution < -0.4 is 0 Å². The fraction of sp³-hybridized carbons (Fsp3) is 0.467. The topological polar surface area (TPSA) is 44.1 Å². The van der Waals surface area contributed by atoms with Gasteiger partial charge in [0.15, 0.2) is 0 Å². The second kappa shape index (κ2) is 6.71. The number of benzene rings is 1. The van der Waals surface area contributed by atoms with E-state index < -0.39 is 5.82 Å². The van der Waals surface area contributed by atoms with Gasteiger partial charge < -0.3 is 4.90 Å². The zero-order valence-corrected chi connectivity index (χ0v) is 11.9. The van der Waals surface area contributed by atoms with E-state index in [0.29, 0.717) is 25.9 Å². The average Bonchev–Trinajstić information content (AvgIpc) is 2.48. The molecule has 1 aromatic rings. The van der Waals surface area contributed by atoms with Crippen molar-refractivity contribution >= 4 is 17.5 Å². The van der Waals surface area contributed by atoms with Gasteiger partial charge in [0.25, 0.3) is 0 Å². The van der Waals surface area contributed by atoms with Crippen molar-refractivity contribution in [2.24, 2.45) is 5.92 Å². The van der Waals surface area contributed by atoms with Gasteiger partial charge in [0, 0.05) is 25.4 Å². The van der Waals surface area contributed by atoms with Gasteiger partial charge >= 0.3 is 0 Å². The van der Waals surface area contributed by atoms with Crippen LogP contribution in [0.4, 0.5) is 4.39 Å². The monoisotopic (exact) mass is 294 g/mol. The van der Waals surface area contributed by atoms with Crippen LogP contribution in [0.5, 0.6) is 0 Å². The van der Waals surface area contributed by atoms with Crippen molar-refractivity contribution in [3.63, 3.8) is 0 Å². The Hall–Kier alpha value is -1.60. The molecular formula is C15H16ClFN2O. The Bertz CT molecular complexity index is 533. The number of amides is 1. The predicted molar refractivity (Wildman–Crippen MR) is 74.6 cm³/mol. The molecule has 1 aromatic carbocycles. The molecule has 1 amide bonds. The summed E-state index contributed by atoms with van der Waals surface area (Å²) in [5.74, 6) is -0.280. The first-order chi connectivity index (χ1) is 9.60. The van der Waals surface area contributed by atoms with Gasteiger partial charge in [0.2, 0.25) is 5.91 Å². The lowest BCUT2D eigenvalue weighted by Gasteiger charge is -2.29. The summed E-state index contributed by atoms with van der Waals surface area (Å²) < 4.78 is 13.0. The van der Waals surface area contributed by atoms with Crippen LogP contribution in [-0.2, 0) is 11.2 Å². The third-order valence-corrected chi connectivity index (χ3v) is 3.93. The summed E-state index contributed by atoms with van der Waals surface area (Å²) in [5.41, 5.74) is 0.858. The van der Waals surface area contributed by atoms with Crippen LogP contribution in [0.2, 0.25) is 5.02 Å². The number of nitriles is 1. The number of aryl methyl sites for hydroxylation is 1. The first kappa shape index (κ1) is 14.8. The van der Waals surface area contributed by atoms with Crippen LogP contribution in [0.25, 0.3) is 0 Å². The zero-order valence-electron chi connectivity index (χ0n) is 11.1. The second-order valence-electron chi connectivity index (χ2n) is 5.03. The molecule has 1 heterocycles. The Labute approximate surface area is 122 Å². The molecule has 3 nitrogen and oxygen atoms in total. The molecular weight excluding hydrogens is 279 g/mol. The van der Waals surface area contributed by atoms with Crippen LogP contribution >= 0.6 is 11.6 Å². The third-order valence-electron chi connectivity index (χ3n) is 3.64. The molecule has 1 aliphatic heterocycles. The number of hydrogen-bond donors (Lipinski definition) is 0. The van der Waals surface area contributed by atoms with E-state index in [4.69, 9.17) is 16.9 Å². The van der Waals surface area contributed by atoms with E-state index in [1.807, 2.05) is 0 Å². The van der Waals surface area contributed by atoms with Crippen LogP contribution in [-0.4, -0.2) is 23.9 Å². The van der Waals surface area contributed by atoms with Gasteiger partial charge in [-0.2, -0.15) is 5.26 Å². The number of carbonyl (C=O) groups excluding carboxylic acids is 1. The van der Waals surface area contributed by atoms with Crippen LogP contribution in [0.15, 0.2) is 18.2 Å². The summed E-state index contributed by atoms with van der Waals surface area (Å²) >= 11 is 5.71. The number of piperidine rings is 1. The number of halogens is 2. The molecule has 0 radical (unpaired) electrons. The van der Waals surface area contributed by atoms with E-state index in [-0.39, 0.29) is 16.8 Å². The molecule has 2 rings (SSSR count). The Kier molecular flexibility index (Phi) is 4.97. The summed E-state index contributed by atoms with van der Waals surface area (Å²) in [4.78, 5) is 13.9. The molecule has 0 N–H and O–H groups in total. The Morgan fingerprint density at radius 2 is 2.15 bits per heavy atom. The molecule has 1 fully saturated rings. The van der Waals surface area contributed by atoms with Crippen molar-refractivity contribution in [1.29, 1.82) is 5.26 Å². The Balaban J connectivity index is 1.83. The van der Waals surface area contributed by atoms with Crippen molar-refractivity contribution in [1.82, 2.24) is 4.90 Å². The molecule has 5 heteroatoms. The maximum atomic E-state index is 13.0. The molecule has 20 heavy (non-hydrogen) atoms. The number of nitrogens with zero attached hydrogens (tertiary/aromatic N) is 2. The molecule has 0 bridgehead atoms. The molecule has 0 aromatic heterocycles. The summed E-state index contributed by atoms with van der Waals surface area (Å²) in [5, 5.41) is 8.91. The third kappa shape index (κ3) is 3.71. The maximum Gasteiger partial charge on any atom is 0.222 e. The highest BCUT2D eigenvalue weighted by atomic mass is 35.5. The lowest BCUT2D eigenvalue weighted by atomic mass is 9.98. The van der Waals surface area contributed by atoms with Crippen LogP contribution in [0, 0.1) is 23.1 Å². The summed E-state index contributed by atoms with van der Waals surface area (Å²) in [6.07, 6.45) is 2.45. The molecule has 0 aliphatic carbocycles. The minimum atomic E-state index is -0.444. The highest BCUT2D eigenvalue weighted by Crippen LogP contribution is 2.19. The van der Waals surface area contributed by atoms with Crippen molar-refractivity contribution in [2.75, 3.05) is 13.1 Å². The number of carbonyl (C=O) groups is 1. The SMILES string of the molecule is N#CC1CCN(C(=O)CCc2ccc(F)c(Cl)c2)CC1. The number of rotatable bonds is 3. The van der Waals surface area contributed by atoms with Crippen LogP contribution in [0.3, 0.4) is 0 Å². The van der Waals surface area contributed by atoms with Gasteiger partial charge in [-0.25, -0.2) is 4.39 Å². The van der Waals surface area contributed by atoms with Crippen molar-refractivity contribution < 1.29 is 9.18 Å². The number of hydrogen-bond acceptors (Lipinski definition) is 2. The molecule has 0 atom stereocenters. The quantitative estimate of drug-likeness (QED) is 0.859. The maximum absolute atomic E-state index is 13.0. The van der Waals surface area contributed by atoms with E-state index in [2.05, 4.69) is 6.07 Å². The molecule has 0 saturated carbocycles. The van der Waals surface area contributed by atoms with Gasteiger partial charge in [-0.15, -0.1) is 0 Å². The van der Waals surface area contributed by atoms with Crippen molar-refractivity contribution in [2.45, 2.75) is 25.7 Å². The minimum Gasteiger partial charge on any atom is -0.343 e. The number of likely N-dealkylation sites (tertiary alicyclic amines) is 1. The summed E-state index contributed by atoms with van der Waals surface area (Å²) in [6, 6.07) is 6.78. The van der Waals surface area contributed by atoms with Gasteiger partial charge in [-0.05, 0) is 37.0 Å². The van der Waals surface area contributed by atoms with E-state index in [1.54, 1.807) is 17.0 Å². The van der Waals surface area contributed by atoms with Gasteiger partial charge in [-0.1, -0.05) is 17.7 Å². The van der Waals surface area contributed by atoms with E-state index in [1.165, 1.54) is 6.07 Å². The smallest absolute Gasteiger partial charge is 0.222 e. The van der Waals surface area contributed by atoms with E-state index >= 15 is 0 Å².